The lowest BCUT2D eigenvalue weighted by Gasteiger charge is -2.13. The number of carbonyl (C=O) groups excluding carboxylic acids is 1. The Morgan fingerprint density at radius 3 is 2.37 bits per heavy atom. The Morgan fingerprint density at radius 2 is 1.83 bits per heavy atom. The number of ether oxygens (including phenoxy) is 1. The van der Waals surface area contributed by atoms with E-state index in [1.165, 1.54) is 6.92 Å². The van der Waals surface area contributed by atoms with Crippen LogP contribution in [0.25, 0.3) is 11.4 Å². The molecule has 0 unspecified atom stereocenters. The summed E-state index contributed by atoms with van der Waals surface area (Å²) in [5.41, 5.74) is 2.98. The average Bonchev–Trinajstić information content (AvgIpc) is 3.18. The van der Waals surface area contributed by atoms with Crippen LogP contribution >= 0.6 is 0 Å². The van der Waals surface area contributed by atoms with Crippen LogP contribution in [0.4, 0.5) is 13.2 Å². The van der Waals surface area contributed by atoms with E-state index in [2.05, 4.69) is 24.9 Å². The molecule has 0 atom stereocenters. The zero-order chi connectivity index (χ0) is 21.9. The van der Waals surface area contributed by atoms with Crippen LogP contribution in [0, 0.1) is 13.8 Å². The molecule has 30 heavy (non-hydrogen) atoms. The van der Waals surface area contributed by atoms with E-state index in [1.807, 2.05) is 0 Å². The van der Waals surface area contributed by atoms with Crippen molar-refractivity contribution in [1.29, 1.82) is 0 Å². The third kappa shape index (κ3) is 5.00. The number of carbonyl (C=O) groups is 1. The molecule has 1 aromatic carbocycles. The van der Waals surface area contributed by atoms with Gasteiger partial charge in [-0.1, -0.05) is 5.16 Å². The summed E-state index contributed by atoms with van der Waals surface area (Å²) in [7, 11) is 0. The Kier molecular flexibility index (Phi) is 6.14. The number of rotatable bonds is 7. The first-order valence-corrected chi connectivity index (χ1v) is 9.14. The lowest BCUT2D eigenvalue weighted by Crippen LogP contribution is -2.05. The van der Waals surface area contributed by atoms with Crippen molar-refractivity contribution >= 4 is 5.78 Å². The van der Waals surface area contributed by atoms with Crippen LogP contribution in [0.15, 0.2) is 28.8 Å². The van der Waals surface area contributed by atoms with Crippen LogP contribution < -0.4 is 4.74 Å². The molecule has 0 radical (unpaired) electrons. The maximum Gasteiger partial charge on any atom is 0.471 e. The van der Waals surface area contributed by atoms with Crippen LogP contribution in [0.2, 0.25) is 0 Å². The van der Waals surface area contributed by atoms with Crippen molar-refractivity contribution in [2.45, 2.75) is 39.8 Å². The highest BCUT2D eigenvalue weighted by Crippen LogP contribution is 2.32. The van der Waals surface area contributed by atoms with Gasteiger partial charge in [-0.3, -0.25) is 4.79 Å². The second-order valence-corrected chi connectivity index (χ2v) is 6.78. The van der Waals surface area contributed by atoms with E-state index in [9.17, 15) is 18.0 Å². The van der Waals surface area contributed by atoms with E-state index in [0.29, 0.717) is 36.5 Å². The summed E-state index contributed by atoms with van der Waals surface area (Å²) in [6.45, 7) is 5.43. The predicted molar refractivity (Wildman–Crippen MR) is 100 cm³/mol. The van der Waals surface area contributed by atoms with Crippen LogP contribution in [-0.2, 0) is 12.6 Å². The maximum absolute atomic E-state index is 12.7. The fraction of sp³-hybridized carbons (Fsp3) is 0.350. The van der Waals surface area contributed by atoms with Crippen molar-refractivity contribution in [1.82, 2.24) is 20.3 Å². The SMILES string of the molecule is CC(=O)c1ccc(CCCOc2c(C)cc(-c3noc(C(F)(F)F)n3)cc2C)nn1. The van der Waals surface area contributed by atoms with E-state index in [0.717, 1.165) is 16.8 Å². The molecule has 0 bridgehead atoms. The molecule has 2 aromatic heterocycles. The van der Waals surface area contributed by atoms with Crippen molar-refractivity contribution in [3.05, 3.63) is 52.7 Å². The number of halogens is 3. The normalized spacial score (nSPS) is 11.5. The van der Waals surface area contributed by atoms with Crippen LogP contribution in [0.3, 0.4) is 0 Å². The second-order valence-electron chi connectivity index (χ2n) is 6.78. The Balaban J connectivity index is 1.62. The van der Waals surface area contributed by atoms with Crippen LogP contribution in [0.1, 0.15) is 46.5 Å². The van der Waals surface area contributed by atoms with Crippen molar-refractivity contribution in [3.63, 3.8) is 0 Å². The number of ketones is 1. The number of alkyl halides is 3. The van der Waals surface area contributed by atoms with Crippen molar-refractivity contribution in [2.24, 2.45) is 0 Å². The lowest BCUT2D eigenvalue weighted by molar-refractivity contribution is -0.159. The third-order valence-electron chi connectivity index (χ3n) is 4.29. The third-order valence-corrected chi connectivity index (χ3v) is 4.29. The molecule has 0 aliphatic carbocycles. The number of aryl methyl sites for hydroxylation is 3. The van der Waals surface area contributed by atoms with Crippen molar-refractivity contribution < 1.29 is 27.2 Å². The second kappa shape index (κ2) is 8.60. The maximum atomic E-state index is 12.7. The van der Waals surface area contributed by atoms with Gasteiger partial charge in [0.1, 0.15) is 11.4 Å². The highest BCUT2D eigenvalue weighted by molar-refractivity contribution is 5.91. The predicted octanol–water partition coefficient (Wildman–Crippen LogP) is 4.38. The Morgan fingerprint density at radius 1 is 1.13 bits per heavy atom. The summed E-state index contributed by atoms with van der Waals surface area (Å²) in [4.78, 5) is 14.6. The van der Waals surface area contributed by atoms with Gasteiger partial charge in [0.05, 0.1) is 12.3 Å². The Hall–Kier alpha value is -3.30. The number of benzene rings is 1. The number of hydrogen-bond acceptors (Lipinski definition) is 7. The molecule has 0 saturated carbocycles. The smallest absolute Gasteiger partial charge is 0.471 e. The molecule has 3 aromatic rings. The summed E-state index contributed by atoms with van der Waals surface area (Å²) in [5, 5.41) is 11.3. The summed E-state index contributed by atoms with van der Waals surface area (Å²) < 4.78 is 48.1. The molecule has 158 valence electrons. The van der Waals surface area contributed by atoms with Crippen LogP contribution in [-0.4, -0.2) is 32.7 Å². The molecule has 0 N–H and O–H groups in total. The number of nitrogens with zero attached hydrogens (tertiary/aromatic N) is 4. The largest absolute Gasteiger partial charge is 0.493 e. The van der Waals surface area contributed by atoms with Gasteiger partial charge in [0.25, 0.3) is 0 Å². The minimum absolute atomic E-state index is 0.132. The summed E-state index contributed by atoms with van der Waals surface area (Å²) in [5.74, 6) is -1.00. The van der Waals surface area contributed by atoms with Gasteiger partial charge in [-0.05, 0) is 62.1 Å². The molecule has 0 spiro atoms. The fourth-order valence-corrected chi connectivity index (χ4v) is 2.87. The topological polar surface area (TPSA) is 91.0 Å². The first-order chi connectivity index (χ1) is 14.1. The van der Waals surface area contributed by atoms with Gasteiger partial charge in [0.15, 0.2) is 5.78 Å². The van der Waals surface area contributed by atoms with E-state index in [4.69, 9.17) is 4.74 Å². The van der Waals surface area contributed by atoms with E-state index in [-0.39, 0.29) is 11.6 Å². The molecule has 2 heterocycles. The van der Waals surface area contributed by atoms with Gasteiger partial charge in [0, 0.05) is 12.5 Å². The van der Waals surface area contributed by atoms with Gasteiger partial charge >= 0.3 is 12.1 Å². The van der Waals surface area contributed by atoms with Crippen molar-refractivity contribution in [2.75, 3.05) is 6.61 Å². The Labute approximate surface area is 170 Å². The number of Topliss-reactive ketones (excluding diaryl/α,β-unsaturated/α-hetero) is 1. The molecule has 0 aliphatic heterocycles. The van der Waals surface area contributed by atoms with Crippen LogP contribution in [0.5, 0.6) is 5.75 Å². The molecule has 0 saturated heterocycles. The minimum Gasteiger partial charge on any atom is -0.493 e. The minimum atomic E-state index is -4.69. The molecular formula is C20H19F3N4O3. The molecular weight excluding hydrogens is 401 g/mol. The molecule has 0 fully saturated rings. The molecule has 0 aliphatic rings. The highest BCUT2D eigenvalue weighted by Gasteiger charge is 2.38. The van der Waals surface area contributed by atoms with Gasteiger partial charge in [-0.2, -0.15) is 23.3 Å². The monoisotopic (exact) mass is 420 g/mol. The molecule has 0 amide bonds. The fourth-order valence-electron chi connectivity index (χ4n) is 2.87. The van der Waals surface area contributed by atoms with Gasteiger partial charge < -0.3 is 9.26 Å². The quantitative estimate of drug-likeness (QED) is 0.414. The zero-order valence-corrected chi connectivity index (χ0v) is 16.6. The summed E-state index contributed by atoms with van der Waals surface area (Å²) >= 11 is 0. The summed E-state index contributed by atoms with van der Waals surface area (Å²) in [6, 6.07) is 6.70. The van der Waals surface area contributed by atoms with Gasteiger partial charge in [0.2, 0.25) is 5.82 Å². The Bertz CT molecular complexity index is 1020. The summed E-state index contributed by atoms with van der Waals surface area (Å²) in [6.07, 6.45) is -3.38. The first kappa shape index (κ1) is 21.4. The van der Waals surface area contributed by atoms with Crippen molar-refractivity contribution in [3.8, 4) is 17.1 Å². The van der Waals surface area contributed by atoms with E-state index < -0.39 is 12.1 Å². The highest BCUT2D eigenvalue weighted by atomic mass is 19.4. The van der Waals surface area contributed by atoms with E-state index >= 15 is 0 Å². The average molecular weight is 420 g/mol. The first-order valence-electron chi connectivity index (χ1n) is 9.14. The molecule has 3 rings (SSSR count). The zero-order valence-electron chi connectivity index (χ0n) is 16.6. The molecule has 10 heteroatoms. The van der Waals surface area contributed by atoms with Gasteiger partial charge in [-0.15, -0.1) is 5.10 Å². The number of hydrogen-bond donors (Lipinski definition) is 0. The lowest BCUT2D eigenvalue weighted by atomic mass is 10.1. The standard InChI is InChI=1S/C20H19F3N4O3/c1-11-9-14(18-24-19(30-27-18)20(21,22)23)10-12(2)17(11)29-8-4-5-15-6-7-16(13(3)28)26-25-15/h6-7,9-10H,4-5,8H2,1-3H3. The van der Waals surface area contributed by atoms with Gasteiger partial charge in [-0.25, -0.2) is 0 Å². The van der Waals surface area contributed by atoms with E-state index in [1.54, 1.807) is 38.1 Å². The number of aromatic nitrogens is 4. The molecule has 7 nitrogen and oxygen atoms in total.